The predicted octanol–water partition coefficient (Wildman–Crippen LogP) is 1.70. The van der Waals surface area contributed by atoms with Gasteiger partial charge in [0.25, 0.3) is 0 Å². The second kappa shape index (κ2) is 5.59. The van der Waals surface area contributed by atoms with E-state index in [0.29, 0.717) is 18.7 Å². The minimum atomic E-state index is -0.226. The Labute approximate surface area is 124 Å². The lowest BCUT2D eigenvalue weighted by molar-refractivity contribution is 0.153. The van der Waals surface area contributed by atoms with Gasteiger partial charge < -0.3 is 10.3 Å². The molecule has 0 radical (unpaired) electrons. The van der Waals surface area contributed by atoms with Crippen LogP contribution in [0.15, 0.2) is 29.0 Å². The van der Waals surface area contributed by atoms with Gasteiger partial charge in [-0.25, -0.2) is 4.39 Å². The number of halogens is 2. The molecule has 1 aliphatic heterocycles. The van der Waals surface area contributed by atoms with E-state index in [-0.39, 0.29) is 11.9 Å². The van der Waals surface area contributed by atoms with Crippen molar-refractivity contribution in [3.63, 3.8) is 0 Å². The van der Waals surface area contributed by atoms with Crippen LogP contribution in [0.1, 0.15) is 17.4 Å². The zero-order valence-corrected chi connectivity index (χ0v) is 12.4. The second-order valence-electron chi connectivity index (χ2n) is 4.83. The topological polar surface area (TPSA) is 60.0 Å². The lowest BCUT2D eigenvalue weighted by atomic mass is 10.0. The normalized spacial score (nSPS) is 16.9. The van der Waals surface area contributed by atoms with Crippen LogP contribution in [-0.2, 0) is 13.1 Å². The smallest absolute Gasteiger partial charge is 0.147 e. The molecule has 1 aromatic carbocycles. The Morgan fingerprint density at radius 3 is 3.05 bits per heavy atom. The molecule has 1 atom stereocenters. The molecule has 5 nitrogen and oxygen atoms in total. The molecule has 2 aromatic rings. The predicted molar refractivity (Wildman–Crippen MR) is 76.3 cm³/mol. The minimum absolute atomic E-state index is 0.155. The molecule has 0 amide bonds. The van der Waals surface area contributed by atoms with E-state index in [1.54, 1.807) is 18.5 Å². The Morgan fingerprint density at radius 2 is 2.25 bits per heavy atom. The Morgan fingerprint density at radius 1 is 1.40 bits per heavy atom. The first-order valence-corrected chi connectivity index (χ1v) is 7.24. The molecule has 0 saturated carbocycles. The second-order valence-corrected chi connectivity index (χ2v) is 5.74. The van der Waals surface area contributed by atoms with Crippen LogP contribution in [0.25, 0.3) is 0 Å². The fraction of sp³-hybridized carbons (Fsp3) is 0.385. The van der Waals surface area contributed by atoms with Crippen LogP contribution in [0.4, 0.5) is 4.39 Å². The van der Waals surface area contributed by atoms with Crippen LogP contribution in [0, 0.1) is 5.82 Å². The molecule has 106 valence electrons. The van der Waals surface area contributed by atoms with Crippen molar-refractivity contribution in [2.45, 2.75) is 19.1 Å². The molecule has 1 unspecified atom stereocenters. The van der Waals surface area contributed by atoms with Gasteiger partial charge in [-0.2, -0.15) is 0 Å². The highest BCUT2D eigenvalue weighted by atomic mass is 79.9. The number of nitrogens with two attached hydrogens (primary N) is 1. The molecule has 2 N–H and O–H groups in total. The Kier molecular flexibility index (Phi) is 3.82. The minimum Gasteiger partial charge on any atom is -0.329 e. The number of aromatic nitrogens is 3. The van der Waals surface area contributed by atoms with Gasteiger partial charge in [0, 0.05) is 29.7 Å². The summed E-state index contributed by atoms with van der Waals surface area (Å²) in [6, 6.07) is 4.80. The van der Waals surface area contributed by atoms with Gasteiger partial charge in [0.1, 0.15) is 18.0 Å². The van der Waals surface area contributed by atoms with E-state index in [9.17, 15) is 4.39 Å². The molecule has 1 aromatic heterocycles. The summed E-state index contributed by atoms with van der Waals surface area (Å²) in [5, 5.41) is 7.99. The van der Waals surface area contributed by atoms with Gasteiger partial charge in [-0.1, -0.05) is 15.9 Å². The monoisotopic (exact) mass is 339 g/mol. The standard InChI is InChI=1S/C13H15BrFN5/c14-9-1-2-11(15)10(5-9)12(6-16)19-3-4-20-8-17-18-13(20)7-19/h1-2,5,8,12H,3-4,6-7,16H2. The number of hydrogen-bond acceptors (Lipinski definition) is 4. The average Bonchev–Trinajstić information content (AvgIpc) is 2.91. The Bertz CT molecular complexity index is 615. The number of benzene rings is 1. The molecule has 0 spiro atoms. The number of nitrogens with zero attached hydrogens (tertiary/aromatic N) is 4. The van der Waals surface area contributed by atoms with E-state index in [0.717, 1.165) is 23.4 Å². The molecule has 0 bridgehead atoms. The maximum absolute atomic E-state index is 14.1. The summed E-state index contributed by atoms with van der Waals surface area (Å²) in [5.74, 6) is 0.667. The quantitative estimate of drug-likeness (QED) is 0.924. The SMILES string of the molecule is NCC(c1cc(Br)ccc1F)N1CCn2cnnc2C1. The maximum Gasteiger partial charge on any atom is 0.147 e. The summed E-state index contributed by atoms with van der Waals surface area (Å²) in [5.41, 5.74) is 6.50. The van der Waals surface area contributed by atoms with Gasteiger partial charge in [-0.15, -0.1) is 10.2 Å². The van der Waals surface area contributed by atoms with Crippen molar-refractivity contribution >= 4 is 15.9 Å². The molecule has 0 saturated heterocycles. The summed E-state index contributed by atoms with van der Waals surface area (Å²) < 4.78 is 16.9. The van der Waals surface area contributed by atoms with E-state index < -0.39 is 0 Å². The van der Waals surface area contributed by atoms with E-state index in [1.165, 1.54) is 6.07 Å². The van der Waals surface area contributed by atoms with Gasteiger partial charge in [0.15, 0.2) is 0 Å². The Balaban J connectivity index is 1.89. The lowest BCUT2D eigenvalue weighted by Gasteiger charge is -2.34. The van der Waals surface area contributed by atoms with E-state index in [2.05, 4.69) is 31.0 Å². The molecule has 2 heterocycles. The van der Waals surface area contributed by atoms with Crippen molar-refractivity contribution < 1.29 is 4.39 Å². The molecule has 3 rings (SSSR count). The summed E-state index contributed by atoms with van der Waals surface area (Å²) in [7, 11) is 0. The van der Waals surface area contributed by atoms with Gasteiger partial charge in [-0.05, 0) is 18.2 Å². The third-order valence-corrected chi connectivity index (χ3v) is 4.14. The molecular weight excluding hydrogens is 325 g/mol. The van der Waals surface area contributed by atoms with Crippen molar-refractivity contribution in [3.8, 4) is 0 Å². The molecule has 7 heteroatoms. The van der Waals surface area contributed by atoms with Crippen LogP contribution in [0.5, 0.6) is 0 Å². The summed E-state index contributed by atoms with van der Waals surface area (Å²) in [4.78, 5) is 2.15. The third kappa shape index (κ3) is 2.48. The maximum atomic E-state index is 14.1. The van der Waals surface area contributed by atoms with Gasteiger partial charge in [0.05, 0.1) is 12.6 Å². The van der Waals surface area contributed by atoms with Gasteiger partial charge in [0.2, 0.25) is 0 Å². The molecule has 1 aliphatic rings. The van der Waals surface area contributed by atoms with Crippen LogP contribution in [-0.4, -0.2) is 32.8 Å². The summed E-state index contributed by atoms with van der Waals surface area (Å²) >= 11 is 3.38. The van der Waals surface area contributed by atoms with Crippen LogP contribution in [0.2, 0.25) is 0 Å². The fourth-order valence-electron chi connectivity index (χ4n) is 2.59. The first-order chi connectivity index (χ1) is 9.69. The van der Waals surface area contributed by atoms with Gasteiger partial charge in [-0.3, -0.25) is 4.90 Å². The molecule has 20 heavy (non-hydrogen) atoms. The van der Waals surface area contributed by atoms with Crippen molar-refractivity contribution in [1.82, 2.24) is 19.7 Å². The summed E-state index contributed by atoms with van der Waals surface area (Å²) in [6.45, 7) is 2.60. The highest BCUT2D eigenvalue weighted by Gasteiger charge is 2.26. The fourth-order valence-corrected chi connectivity index (χ4v) is 2.97. The lowest BCUT2D eigenvalue weighted by Crippen LogP contribution is -2.40. The van der Waals surface area contributed by atoms with Crippen molar-refractivity contribution in [1.29, 1.82) is 0 Å². The number of hydrogen-bond donors (Lipinski definition) is 1. The zero-order chi connectivity index (χ0) is 14.1. The van der Waals surface area contributed by atoms with E-state index >= 15 is 0 Å². The highest BCUT2D eigenvalue weighted by Crippen LogP contribution is 2.28. The van der Waals surface area contributed by atoms with Crippen LogP contribution < -0.4 is 5.73 Å². The van der Waals surface area contributed by atoms with E-state index in [4.69, 9.17) is 5.73 Å². The highest BCUT2D eigenvalue weighted by molar-refractivity contribution is 9.10. The van der Waals surface area contributed by atoms with Gasteiger partial charge >= 0.3 is 0 Å². The number of fused-ring (bicyclic) bond motifs is 1. The Hall–Kier alpha value is -1.31. The molecule has 0 aliphatic carbocycles. The largest absolute Gasteiger partial charge is 0.329 e. The number of rotatable bonds is 3. The van der Waals surface area contributed by atoms with Crippen LogP contribution in [0.3, 0.4) is 0 Å². The first-order valence-electron chi connectivity index (χ1n) is 6.45. The first kappa shape index (κ1) is 13.7. The van der Waals surface area contributed by atoms with Crippen molar-refractivity contribution in [3.05, 3.63) is 46.2 Å². The third-order valence-electron chi connectivity index (χ3n) is 3.65. The van der Waals surface area contributed by atoms with Crippen molar-refractivity contribution in [2.75, 3.05) is 13.1 Å². The van der Waals surface area contributed by atoms with E-state index in [1.807, 2.05) is 4.57 Å². The summed E-state index contributed by atoms with van der Waals surface area (Å²) in [6.07, 6.45) is 1.73. The molecular formula is C13H15BrFN5. The average molecular weight is 340 g/mol. The zero-order valence-electron chi connectivity index (χ0n) is 10.8. The van der Waals surface area contributed by atoms with Crippen LogP contribution >= 0.6 is 15.9 Å². The molecule has 0 fully saturated rings. The van der Waals surface area contributed by atoms with Crippen molar-refractivity contribution in [2.24, 2.45) is 5.73 Å².